The molecule has 1 saturated heterocycles. The van der Waals surface area contributed by atoms with Gasteiger partial charge in [-0.25, -0.2) is 9.48 Å². The number of aliphatic carboxylic acids is 1. The van der Waals surface area contributed by atoms with Crippen LogP contribution in [0.5, 0.6) is 5.75 Å². The van der Waals surface area contributed by atoms with Crippen molar-refractivity contribution in [1.29, 1.82) is 0 Å². The Labute approximate surface area is 318 Å². The molecule has 5 N–H and O–H groups in total. The van der Waals surface area contributed by atoms with Gasteiger partial charge in [0.05, 0.1) is 18.3 Å². The van der Waals surface area contributed by atoms with Crippen molar-refractivity contribution >= 4 is 29.6 Å². The number of carbonyl (C=O) groups excluding carboxylic acids is 4. The molecule has 0 aliphatic carbocycles. The van der Waals surface area contributed by atoms with Crippen LogP contribution in [0.15, 0.2) is 91.1 Å². The quantitative estimate of drug-likeness (QED) is 0.159. The number of nitrogens with zero attached hydrogens (tertiary/aromatic N) is 4. The lowest BCUT2D eigenvalue weighted by molar-refractivity contribution is -0.143. The third kappa shape index (κ3) is 9.92. The van der Waals surface area contributed by atoms with E-state index in [-0.39, 0.29) is 44.7 Å². The molecule has 0 radical (unpaired) electrons. The number of rotatable bonds is 10. The first-order chi connectivity index (χ1) is 26.6. The fraction of sp³-hybridized carbons (Fsp3) is 0.375. The van der Waals surface area contributed by atoms with Gasteiger partial charge < -0.3 is 36.0 Å². The number of benzene rings is 3. The number of nitrogens with one attached hydrogen (secondary N) is 4. The average Bonchev–Trinajstić information content (AvgIpc) is 3.86. The first kappa shape index (κ1) is 38.6. The molecule has 15 nitrogen and oxygen atoms in total. The third-order valence-electron chi connectivity index (χ3n) is 10.1. The second-order valence-electron chi connectivity index (χ2n) is 14.0. The van der Waals surface area contributed by atoms with Crippen LogP contribution >= 0.6 is 0 Å². The van der Waals surface area contributed by atoms with Gasteiger partial charge in [0.15, 0.2) is 0 Å². The van der Waals surface area contributed by atoms with E-state index in [0.29, 0.717) is 23.4 Å². The molecule has 4 heterocycles. The summed E-state index contributed by atoms with van der Waals surface area (Å²) < 4.78 is 7.53. The number of carboxylic acid groups (broad SMARTS) is 1. The number of likely N-dealkylation sites (N-methyl/N-ethyl adjacent to an activating group) is 1. The fourth-order valence-corrected chi connectivity index (χ4v) is 6.81. The number of hydrogen-bond acceptors (Lipinski definition) is 9. The summed E-state index contributed by atoms with van der Waals surface area (Å²) in [5.74, 6) is -2.83. The fourth-order valence-electron chi connectivity index (χ4n) is 6.81. The minimum Gasteiger partial charge on any atom is -0.487 e. The monoisotopic (exact) mass is 750 g/mol. The first-order valence-electron chi connectivity index (χ1n) is 18.4. The lowest BCUT2D eigenvalue weighted by Crippen LogP contribution is -2.58. The molecule has 0 saturated carbocycles. The molecule has 3 aliphatic heterocycles. The van der Waals surface area contributed by atoms with E-state index in [1.54, 1.807) is 49.1 Å². The van der Waals surface area contributed by atoms with Crippen molar-refractivity contribution in [3.8, 4) is 5.75 Å². The smallest absolute Gasteiger partial charge is 0.326 e. The molecule has 1 aromatic heterocycles. The summed E-state index contributed by atoms with van der Waals surface area (Å²) in [6.45, 7) is 1.83. The minimum absolute atomic E-state index is 0.0116. The maximum atomic E-state index is 14.6. The molecular weight excluding hydrogens is 704 g/mol. The maximum absolute atomic E-state index is 14.6. The maximum Gasteiger partial charge on any atom is 0.326 e. The van der Waals surface area contributed by atoms with Crippen LogP contribution in [0.2, 0.25) is 0 Å². The van der Waals surface area contributed by atoms with Gasteiger partial charge >= 0.3 is 5.97 Å². The SMILES string of the molecule is CN[C@@H](C)C(=O)N[C@@H](Cc1ccccc1)C(=O)N1C[C@@H]2C[C@H]1C(=O)N[C@@H](CCc1ccccc1)C(=O)N[C@H](C(=O)O)Cc1ccc(cc1)OCc1cn2nn1. The summed E-state index contributed by atoms with van der Waals surface area (Å²) in [6, 6.07) is 20.0. The Balaban J connectivity index is 1.35. The lowest BCUT2D eigenvalue weighted by Gasteiger charge is -2.30. The number of amides is 4. The Morgan fingerprint density at radius 2 is 1.64 bits per heavy atom. The van der Waals surface area contributed by atoms with Gasteiger partial charge in [-0.2, -0.15) is 0 Å². The zero-order valence-corrected chi connectivity index (χ0v) is 30.8. The predicted molar refractivity (Wildman–Crippen MR) is 201 cm³/mol. The van der Waals surface area contributed by atoms with Crippen LogP contribution < -0.4 is 26.0 Å². The first-order valence-corrected chi connectivity index (χ1v) is 18.4. The predicted octanol–water partition coefficient (Wildman–Crippen LogP) is 1.58. The highest BCUT2D eigenvalue weighted by molar-refractivity contribution is 5.96. The van der Waals surface area contributed by atoms with Crippen molar-refractivity contribution in [3.05, 3.63) is 114 Å². The molecule has 3 aliphatic rings. The largest absolute Gasteiger partial charge is 0.487 e. The van der Waals surface area contributed by atoms with Crippen LogP contribution in [0.3, 0.4) is 0 Å². The Morgan fingerprint density at radius 3 is 2.31 bits per heavy atom. The molecular formula is C40H46N8O7. The van der Waals surface area contributed by atoms with Gasteiger partial charge in [-0.1, -0.05) is 78.0 Å². The van der Waals surface area contributed by atoms with E-state index in [4.69, 9.17) is 4.74 Å². The molecule has 55 heavy (non-hydrogen) atoms. The second-order valence-corrected chi connectivity index (χ2v) is 14.0. The molecule has 1 fully saturated rings. The summed E-state index contributed by atoms with van der Waals surface area (Å²) in [5, 5.41) is 30.0. The van der Waals surface area contributed by atoms with E-state index < -0.39 is 59.9 Å². The van der Waals surface area contributed by atoms with E-state index >= 15 is 0 Å². The van der Waals surface area contributed by atoms with E-state index in [2.05, 4.69) is 31.6 Å². The molecule has 15 heteroatoms. The van der Waals surface area contributed by atoms with Gasteiger partial charge in [0.25, 0.3) is 0 Å². The summed E-state index contributed by atoms with van der Waals surface area (Å²) in [6.07, 6.45) is 2.56. The average molecular weight is 751 g/mol. The molecule has 4 amide bonds. The zero-order chi connectivity index (χ0) is 38.9. The van der Waals surface area contributed by atoms with Crippen molar-refractivity contribution in [2.75, 3.05) is 13.6 Å². The molecule has 0 unspecified atom stereocenters. The summed E-state index contributed by atoms with van der Waals surface area (Å²) in [7, 11) is 1.64. The van der Waals surface area contributed by atoms with Crippen LogP contribution in [-0.2, 0) is 49.8 Å². The normalized spacial score (nSPS) is 21.2. The second kappa shape index (κ2) is 17.8. The van der Waals surface area contributed by atoms with Crippen molar-refractivity contribution < 1.29 is 33.8 Å². The highest BCUT2D eigenvalue weighted by Crippen LogP contribution is 2.29. The number of ether oxygens (including phenoxy) is 1. The van der Waals surface area contributed by atoms with Crippen molar-refractivity contribution in [2.24, 2.45) is 0 Å². The number of likely N-dealkylation sites (tertiary alicyclic amines) is 1. The van der Waals surface area contributed by atoms with Gasteiger partial charge in [0.2, 0.25) is 23.6 Å². The standard InChI is InChI=1S/C40H46N8O7/c1-25(41-2)36(49)43-33(19-27-11-7-4-8-12-27)39(52)47-23-30-21-35(47)38(51)42-32(18-15-26-9-5-3-6-10-26)37(50)44-34(40(53)54)20-28-13-16-31(17-14-28)55-24-29-22-48(30)46-45-29/h3-14,16-17,22,25,30,32-35,41H,15,18-21,23-24H2,1-2H3,(H,42,51)(H,43,49)(H,44,50)(H,53,54)/t25-,30-,32-,33-,34-,35-/m0/s1. The van der Waals surface area contributed by atoms with Gasteiger partial charge in [-0.15, -0.1) is 5.10 Å². The van der Waals surface area contributed by atoms with Crippen molar-refractivity contribution in [3.63, 3.8) is 0 Å². The van der Waals surface area contributed by atoms with Crippen molar-refractivity contribution in [2.45, 2.75) is 81.9 Å². The number of hydrogen-bond donors (Lipinski definition) is 5. The highest BCUT2D eigenvalue weighted by atomic mass is 16.5. The lowest BCUT2D eigenvalue weighted by atomic mass is 10.0. The Bertz CT molecular complexity index is 1960. The summed E-state index contributed by atoms with van der Waals surface area (Å²) >= 11 is 0. The van der Waals surface area contributed by atoms with E-state index in [1.807, 2.05) is 60.7 Å². The van der Waals surface area contributed by atoms with Crippen molar-refractivity contribution in [1.82, 2.24) is 41.2 Å². The van der Waals surface area contributed by atoms with Gasteiger partial charge in [0.1, 0.15) is 42.2 Å². The number of aromatic nitrogens is 3. The van der Waals surface area contributed by atoms with E-state index in [1.165, 1.54) is 4.90 Å². The minimum atomic E-state index is -1.29. The van der Waals surface area contributed by atoms with Crippen LogP contribution in [0.25, 0.3) is 0 Å². The van der Waals surface area contributed by atoms with Crippen LogP contribution in [0.4, 0.5) is 0 Å². The molecule has 7 rings (SSSR count). The Hall–Kier alpha value is -6.09. The molecule has 3 aromatic carbocycles. The Kier molecular flexibility index (Phi) is 12.5. The summed E-state index contributed by atoms with van der Waals surface area (Å²) in [4.78, 5) is 70.0. The van der Waals surface area contributed by atoms with Crippen LogP contribution in [-0.4, -0.2) is 98.4 Å². The zero-order valence-electron chi connectivity index (χ0n) is 30.8. The van der Waals surface area contributed by atoms with E-state index in [9.17, 15) is 29.1 Å². The van der Waals surface area contributed by atoms with E-state index in [0.717, 1.165) is 11.1 Å². The van der Waals surface area contributed by atoms with Crippen LogP contribution in [0.1, 0.15) is 48.2 Å². The number of carboxylic acids is 1. The Morgan fingerprint density at radius 1 is 0.945 bits per heavy atom. The topological polar surface area (TPSA) is 197 Å². The highest BCUT2D eigenvalue weighted by Gasteiger charge is 2.44. The number of fused-ring (bicyclic) bond motifs is 9. The molecule has 0 spiro atoms. The van der Waals surface area contributed by atoms with Gasteiger partial charge in [-0.05, 0) is 55.6 Å². The molecule has 288 valence electrons. The number of carbonyl (C=O) groups is 5. The molecule has 6 atom stereocenters. The molecule has 4 aromatic rings. The number of aryl methyl sites for hydroxylation is 1. The molecule has 6 bridgehead atoms. The van der Waals surface area contributed by atoms with Crippen LogP contribution in [0, 0.1) is 0 Å². The van der Waals surface area contributed by atoms with Gasteiger partial charge in [0, 0.05) is 25.8 Å². The third-order valence-corrected chi connectivity index (χ3v) is 10.1. The summed E-state index contributed by atoms with van der Waals surface area (Å²) in [5.41, 5.74) is 2.91. The van der Waals surface area contributed by atoms with Gasteiger partial charge in [-0.3, -0.25) is 19.2 Å².